The van der Waals surface area contributed by atoms with Crippen molar-refractivity contribution in [3.05, 3.63) is 28.5 Å². The fourth-order valence-corrected chi connectivity index (χ4v) is 3.47. The highest BCUT2D eigenvalue weighted by Crippen LogP contribution is 2.24. The molecule has 0 amide bonds. The lowest BCUT2D eigenvalue weighted by Gasteiger charge is -2.23. The largest absolute Gasteiger partial charge is 0.377 e. The molecule has 1 aromatic carbocycles. The molecular formula is C11H15BrFNO3S. The van der Waals surface area contributed by atoms with Gasteiger partial charge in [0, 0.05) is 18.1 Å². The second-order valence-electron chi connectivity index (χ2n) is 4.34. The van der Waals surface area contributed by atoms with E-state index in [1.165, 1.54) is 19.2 Å². The van der Waals surface area contributed by atoms with Crippen molar-refractivity contribution in [1.29, 1.82) is 0 Å². The van der Waals surface area contributed by atoms with Crippen molar-refractivity contribution in [2.24, 2.45) is 0 Å². The number of methoxy groups -OCH3 is 1. The summed E-state index contributed by atoms with van der Waals surface area (Å²) >= 11 is 3.03. The Hall–Kier alpha value is -0.500. The molecule has 0 spiro atoms. The molecular weight excluding hydrogens is 325 g/mol. The van der Waals surface area contributed by atoms with Crippen molar-refractivity contribution in [3.63, 3.8) is 0 Å². The van der Waals surface area contributed by atoms with E-state index in [2.05, 4.69) is 20.7 Å². The van der Waals surface area contributed by atoms with E-state index in [0.29, 0.717) is 0 Å². The van der Waals surface area contributed by atoms with Gasteiger partial charge >= 0.3 is 0 Å². The van der Waals surface area contributed by atoms with E-state index in [1.54, 1.807) is 13.8 Å². The van der Waals surface area contributed by atoms with Gasteiger partial charge in [0.05, 0.1) is 5.60 Å². The van der Waals surface area contributed by atoms with Gasteiger partial charge in [0.1, 0.15) is 10.7 Å². The smallest absolute Gasteiger partial charge is 0.244 e. The average molecular weight is 340 g/mol. The van der Waals surface area contributed by atoms with E-state index >= 15 is 0 Å². The maximum Gasteiger partial charge on any atom is 0.244 e. The standard InChI is InChI=1S/C11H15BrFNO3S/c1-11(2,17-3)7-14-18(15,16)10-8(12)5-4-6-9(10)13/h4-6,14H,7H2,1-3H3. The molecule has 0 aliphatic rings. The van der Waals surface area contributed by atoms with Crippen LogP contribution in [0.1, 0.15) is 13.8 Å². The van der Waals surface area contributed by atoms with E-state index in [-0.39, 0.29) is 11.0 Å². The van der Waals surface area contributed by atoms with Crippen LogP contribution in [-0.2, 0) is 14.8 Å². The summed E-state index contributed by atoms with van der Waals surface area (Å²) in [5.74, 6) is -0.799. The third-order valence-electron chi connectivity index (χ3n) is 2.43. The Balaban J connectivity index is 3.01. The number of sulfonamides is 1. The maximum absolute atomic E-state index is 13.6. The molecule has 0 heterocycles. The Kier molecular flexibility index (Phi) is 4.88. The molecule has 1 aromatic rings. The van der Waals surface area contributed by atoms with Crippen LogP contribution in [0.4, 0.5) is 4.39 Å². The first kappa shape index (κ1) is 15.6. The monoisotopic (exact) mass is 339 g/mol. The number of rotatable bonds is 5. The molecule has 0 atom stereocenters. The molecule has 0 aliphatic carbocycles. The fraction of sp³-hybridized carbons (Fsp3) is 0.455. The zero-order valence-corrected chi connectivity index (χ0v) is 12.7. The highest BCUT2D eigenvalue weighted by Gasteiger charge is 2.25. The van der Waals surface area contributed by atoms with Crippen molar-refractivity contribution < 1.29 is 17.5 Å². The van der Waals surface area contributed by atoms with Gasteiger partial charge in [-0.15, -0.1) is 0 Å². The van der Waals surface area contributed by atoms with Crippen LogP contribution in [-0.4, -0.2) is 27.7 Å². The van der Waals surface area contributed by atoms with Crippen LogP contribution in [0.2, 0.25) is 0 Å². The van der Waals surface area contributed by atoms with Crippen LogP contribution in [0.3, 0.4) is 0 Å². The SMILES string of the molecule is COC(C)(C)CNS(=O)(=O)c1c(F)cccc1Br. The van der Waals surface area contributed by atoms with Crippen molar-refractivity contribution in [2.75, 3.05) is 13.7 Å². The Morgan fingerprint density at radius 2 is 2.06 bits per heavy atom. The lowest BCUT2D eigenvalue weighted by atomic mass is 10.1. The summed E-state index contributed by atoms with van der Waals surface area (Å²) in [5, 5.41) is 0. The van der Waals surface area contributed by atoms with Gasteiger partial charge in [0.15, 0.2) is 0 Å². The molecule has 18 heavy (non-hydrogen) atoms. The fourth-order valence-electron chi connectivity index (χ4n) is 1.15. The summed E-state index contributed by atoms with van der Waals surface area (Å²) < 4.78 is 45.2. The Labute approximate surface area is 115 Å². The summed E-state index contributed by atoms with van der Waals surface area (Å²) in [4.78, 5) is -0.392. The van der Waals surface area contributed by atoms with E-state index in [0.717, 1.165) is 6.07 Å². The molecule has 1 rings (SSSR count). The van der Waals surface area contributed by atoms with E-state index in [1.807, 2.05) is 0 Å². The number of hydrogen-bond acceptors (Lipinski definition) is 3. The minimum absolute atomic E-state index is 0.0482. The maximum atomic E-state index is 13.6. The Morgan fingerprint density at radius 3 is 2.56 bits per heavy atom. The molecule has 0 radical (unpaired) electrons. The first-order valence-corrected chi connectivity index (χ1v) is 7.46. The zero-order chi connectivity index (χ0) is 14.0. The van der Waals surface area contributed by atoms with Crippen molar-refractivity contribution >= 4 is 26.0 Å². The third-order valence-corrected chi connectivity index (χ3v) is 4.83. The first-order chi connectivity index (χ1) is 8.19. The Morgan fingerprint density at radius 1 is 1.44 bits per heavy atom. The number of benzene rings is 1. The summed E-state index contributed by atoms with van der Waals surface area (Å²) in [6.07, 6.45) is 0. The van der Waals surface area contributed by atoms with Gasteiger partial charge in [-0.1, -0.05) is 6.07 Å². The molecule has 1 N–H and O–H groups in total. The molecule has 102 valence electrons. The Bertz CT molecular complexity index is 511. The molecule has 0 saturated carbocycles. The zero-order valence-electron chi connectivity index (χ0n) is 10.3. The van der Waals surface area contributed by atoms with Crippen LogP contribution >= 0.6 is 15.9 Å². The second-order valence-corrected chi connectivity index (χ2v) is 6.90. The van der Waals surface area contributed by atoms with Gasteiger partial charge < -0.3 is 4.74 Å². The molecule has 7 heteroatoms. The molecule has 0 saturated heterocycles. The summed E-state index contributed by atoms with van der Waals surface area (Å²) in [6.45, 7) is 3.50. The van der Waals surface area contributed by atoms with Gasteiger partial charge in [-0.05, 0) is 41.9 Å². The topological polar surface area (TPSA) is 55.4 Å². The first-order valence-electron chi connectivity index (χ1n) is 5.18. The highest BCUT2D eigenvalue weighted by molar-refractivity contribution is 9.10. The summed E-state index contributed by atoms with van der Waals surface area (Å²) in [5.41, 5.74) is -0.662. The molecule has 0 aromatic heterocycles. The third kappa shape index (κ3) is 3.74. The molecule has 0 fully saturated rings. The lowest BCUT2D eigenvalue weighted by molar-refractivity contribution is 0.0276. The second kappa shape index (κ2) is 5.64. The molecule has 0 bridgehead atoms. The number of ether oxygens (including phenoxy) is 1. The van der Waals surface area contributed by atoms with Gasteiger partial charge in [0.2, 0.25) is 10.0 Å². The van der Waals surface area contributed by atoms with Crippen LogP contribution < -0.4 is 4.72 Å². The number of halogens is 2. The lowest BCUT2D eigenvalue weighted by Crippen LogP contribution is -2.40. The van der Waals surface area contributed by atoms with Crippen LogP contribution in [0.15, 0.2) is 27.6 Å². The van der Waals surface area contributed by atoms with E-state index in [4.69, 9.17) is 4.74 Å². The molecule has 0 unspecified atom stereocenters. The van der Waals surface area contributed by atoms with E-state index in [9.17, 15) is 12.8 Å². The van der Waals surface area contributed by atoms with Gasteiger partial charge in [-0.25, -0.2) is 17.5 Å². The van der Waals surface area contributed by atoms with Crippen molar-refractivity contribution in [3.8, 4) is 0 Å². The minimum Gasteiger partial charge on any atom is -0.377 e. The number of nitrogens with one attached hydrogen (secondary N) is 1. The molecule has 0 aliphatic heterocycles. The average Bonchev–Trinajstić information content (AvgIpc) is 2.26. The predicted molar refractivity (Wildman–Crippen MR) is 70.4 cm³/mol. The highest BCUT2D eigenvalue weighted by atomic mass is 79.9. The van der Waals surface area contributed by atoms with Gasteiger partial charge in [-0.3, -0.25) is 0 Å². The van der Waals surface area contributed by atoms with Crippen LogP contribution in [0, 0.1) is 5.82 Å². The van der Waals surface area contributed by atoms with E-state index < -0.39 is 26.3 Å². The quantitative estimate of drug-likeness (QED) is 0.895. The minimum atomic E-state index is -3.92. The van der Waals surface area contributed by atoms with Gasteiger partial charge in [-0.2, -0.15) is 0 Å². The summed E-state index contributed by atoms with van der Waals surface area (Å²) in [6, 6.07) is 4.00. The normalized spacial score (nSPS) is 12.7. The molecule has 4 nitrogen and oxygen atoms in total. The predicted octanol–water partition coefficient (Wildman–Crippen LogP) is 2.29. The van der Waals surface area contributed by atoms with Crippen molar-refractivity contribution in [2.45, 2.75) is 24.3 Å². The van der Waals surface area contributed by atoms with Gasteiger partial charge in [0.25, 0.3) is 0 Å². The van der Waals surface area contributed by atoms with Crippen molar-refractivity contribution in [1.82, 2.24) is 4.72 Å². The number of hydrogen-bond donors (Lipinski definition) is 1. The summed E-state index contributed by atoms with van der Waals surface area (Å²) in [7, 11) is -2.44. The van der Waals surface area contributed by atoms with Crippen LogP contribution in [0.5, 0.6) is 0 Å². The van der Waals surface area contributed by atoms with Crippen LogP contribution in [0.25, 0.3) is 0 Å².